The van der Waals surface area contributed by atoms with Gasteiger partial charge in [0, 0.05) is 9.79 Å². The normalized spacial score (nSPS) is 14.1. The van der Waals surface area contributed by atoms with Crippen LogP contribution in [0.25, 0.3) is 0 Å². The summed E-state index contributed by atoms with van der Waals surface area (Å²) in [7, 11) is -3.19. The van der Waals surface area contributed by atoms with Crippen LogP contribution in [0.15, 0.2) is 88.7 Å². The number of rotatable bonds is 8. The van der Waals surface area contributed by atoms with E-state index >= 15 is 0 Å². The average Bonchev–Trinajstić information content (AvgIpc) is 2.77. The van der Waals surface area contributed by atoms with Crippen molar-refractivity contribution < 1.29 is 13.2 Å². The van der Waals surface area contributed by atoms with Gasteiger partial charge in [-0.3, -0.25) is 8.42 Å². The Morgan fingerprint density at radius 1 is 0.800 bits per heavy atom. The standard InChI is InChI=1S/C25H24O3S2/c1-4-18-28-24(21-8-6-5-7-9-21)25(29(26)22-14-10-19(2)11-15-22)30(27)23-16-12-20(3)13-17-23/h1,5-17,24-25H,18H2,2-3H3/t24-,29-,30-/m0/s1. The average molecular weight is 437 g/mol. The van der Waals surface area contributed by atoms with Crippen LogP contribution in [0.2, 0.25) is 0 Å². The Hall–Kier alpha value is -2.52. The van der Waals surface area contributed by atoms with Crippen molar-refractivity contribution in [2.75, 3.05) is 6.61 Å². The fourth-order valence-electron chi connectivity index (χ4n) is 3.03. The molecule has 0 fully saturated rings. The molecule has 154 valence electrons. The first-order valence-corrected chi connectivity index (χ1v) is 12.0. The van der Waals surface area contributed by atoms with Crippen molar-refractivity contribution >= 4 is 21.6 Å². The quantitative estimate of drug-likeness (QED) is 0.470. The van der Waals surface area contributed by atoms with Gasteiger partial charge in [0.15, 0.2) is 0 Å². The van der Waals surface area contributed by atoms with Crippen LogP contribution in [0.1, 0.15) is 22.8 Å². The van der Waals surface area contributed by atoms with E-state index in [1.807, 2.05) is 92.7 Å². The van der Waals surface area contributed by atoms with Crippen molar-refractivity contribution in [3.63, 3.8) is 0 Å². The summed E-state index contributed by atoms with van der Waals surface area (Å²) in [5.41, 5.74) is 2.92. The summed E-state index contributed by atoms with van der Waals surface area (Å²) in [6, 6.07) is 24.3. The molecule has 0 heterocycles. The number of terminal acetylenes is 1. The highest BCUT2D eigenvalue weighted by Crippen LogP contribution is 2.33. The van der Waals surface area contributed by atoms with Gasteiger partial charge in [-0.1, -0.05) is 71.6 Å². The number of ether oxygens (including phenoxy) is 1. The summed E-state index contributed by atoms with van der Waals surface area (Å²) in [5, 5.41) is 0. The molecule has 30 heavy (non-hydrogen) atoms. The zero-order valence-corrected chi connectivity index (χ0v) is 18.6. The number of hydrogen-bond donors (Lipinski definition) is 0. The largest absolute Gasteiger partial charge is 0.359 e. The lowest BCUT2D eigenvalue weighted by molar-refractivity contribution is 0.0890. The van der Waals surface area contributed by atoms with E-state index in [0.717, 1.165) is 16.7 Å². The molecule has 0 aliphatic heterocycles. The zero-order chi connectivity index (χ0) is 21.5. The van der Waals surface area contributed by atoms with Gasteiger partial charge in [-0.05, 0) is 43.7 Å². The molecule has 0 saturated heterocycles. The van der Waals surface area contributed by atoms with Gasteiger partial charge < -0.3 is 4.74 Å². The van der Waals surface area contributed by atoms with Gasteiger partial charge in [-0.2, -0.15) is 0 Å². The summed E-state index contributed by atoms with van der Waals surface area (Å²) in [6.07, 6.45) is 4.75. The van der Waals surface area contributed by atoms with Gasteiger partial charge >= 0.3 is 0 Å². The lowest BCUT2D eigenvalue weighted by Gasteiger charge is -2.26. The predicted octanol–water partition coefficient (Wildman–Crippen LogP) is 4.94. The lowest BCUT2D eigenvalue weighted by atomic mass is 10.1. The van der Waals surface area contributed by atoms with E-state index in [2.05, 4.69) is 5.92 Å². The Labute approximate surface area is 183 Å². The molecule has 0 unspecified atom stereocenters. The van der Waals surface area contributed by atoms with Gasteiger partial charge in [0.1, 0.15) is 17.3 Å². The number of aryl methyl sites for hydroxylation is 2. The van der Waals surface area contributed by atoms with E-state index in [1.165, 1.54) is 0 Å². The maximum atomic E-state index is 13.7. The molecule has 3 nitrogen and oxygen atoms in total. The highest BCUT2D eigenvalue weighted by atomic mass is 32.2. The van der Waals surface area contributed by atoms with E-state index in [-0.39, 0.29) is 6.61 Å². The minimum absolute atomic E-state index is 0.0340. The van der Waals surface area contributed by atoms with Crippen LogP contribution in [0, 0.1) is 26.2 Å². The van der Waals surface area contributed by atoms with E-state index in [1.54, 1.807) is 0 Å². The molecule has 0 spiro atoms. The topological polar surface area (TPSA) is 43.4 Å². The van der Waals surface area contributed by atoms with Gasteiger partial charge in [0.05, 0.1) is 21.6 Å². The van der Waals surface area contributed by atoms with Gasteiger partial charge in [-0.25, -0.2) is 0 Å². The third-order valence-corrected chi connectivity index (χ3v) is 8.51. The molecule has 0 N–H and O–H groups in total. The van der Waals surface area contributed by atoms with Crippen molar-refractivity contribution in [1.82, 2.24) is 0 Å². The number of benzene rings is 3. The van der Waals surface area contributed by atoms with E-state index in [4.69, 9.17) is 11.2 Å². The molecule has 0 aromatic heterocycles. The first-order chi connectivity index (χ1) is 14.5. The summed E-state index contributed by atoms with van der Waals surface area (Å²) in [4.78, 5) is 1.22. The summed E-state index contributed by atoms with van der Waals surface area (Å²) >= 11 is 0. The van der Waals surface area contributed by atoms with Gasteiger partial charge in [0.25, 0.3) is 0 Å². The number of hydrogen-bond acceptors (Lipinski definition) is 3. The first kappa shape index (κ1) is 22.2. The highest BCUT2D eigenvalue weighted by Gasteiger charge is 2.36. The van der Waals surface area contributed by atoms with Crippen molar-refractivity contribution in [2.24, 2.45) is 0 Å². The zero-order valence-electron chi connectivity index (χ0n) is 17.0. The second kappa shape index (κ2) is 10.5. The minimum atomic E-state index is -1.59. The Bertz CT molecular complexity index is 995. The fourth-order valence-corrected chi connectivity index (χ4v) is 6.60. The Morgan fingerprint density at radius 3 is 1.70 bits per heavy atom. The second-order valence-corrected chi connectivity index (χ2v) is 10.4. The SMILES string of the molecule is C#CCO[C@@H](c1ccccc1)C([S@@](=O)c1ccc(C)cc1)[S@@](=O)c1ccc(C)cc1. The molecule has 3 aromatic rings. The summed E-state index contributed by atoms with van der Waals surface area (Å²) in [5.74, 6) is 2.48. The summed E-state index contributed by atoms with van der Waals surface area (Å²) < 4.78 is 32.5. The minimum Gasteiger partial charge on any atom is -0.359 e. The molecule has 3 aromatic carbocycles. The molecule has 0 amide bonds. The monoisotopic (exact) mass is 436 g/mol. The van der Waals surface area contributed by atoms with Crippen LogP contribution < -0.4 is 0 Å². The van der Waals surface area contributed by atoms with Crippen molar-refractivity contribution in [3.05, 3.63) is 95.6 Å². The van der Waals surface area contributed by atoms with Crippen molar-refractivity contribution in [2.45, 2.75) is 34.3 Å². The third-order valence-electron chi connectivity index (χ3n) is 4.65. The Kier molecular flexibility index (Phi) is 7.75. The van der Waals surface area contributed by atoms with Crippen LogP contribution in [-0.2, 0) is 26.3 Å². The van der Waals surface area contributed by atoms with Crippen LogP contribution in [0.4, 0.5) is 0 Å². The third kappa shape index (κ3) is 5.34. The predicted molar refractivity (Wildman–Crippen MR) is 123 cm³/mol. The lowest BCUT2D eigenvalue weighted by Crippen LogP contribution is -2.31. The van der Waals surface area contributed by atoms with Crippen LogP contribution >= 0.6 is 0 Å². The molecule has 0 aliphatic rings. The van der Waals surface area contributed by atoms with Crippen LogP contribution in [-0.4, -0.2) is 19.6 Å². The van der Waals surface area contributed by atoms with E-state index in [9.17, 15) is 8.42 Å². The molecule has 0 saturated carbocycles. The van der Waals surface area contributed by atoms with Crippen LogP contribution in [0.3, 0.4) is 0 Å². The molecular formula is C25H24O3S2. The molecule has 0 aliphatic carbocycles. The molecule has 3 rings (SSSR count). The second-order valence-electron chi connectivity index (χ2n) is 6.94. The molecular weight excluding hydrogens is 412 g/mol. The smallest absolute Gasteiger partial charge is 0.149 e. The van der Waals surface area contributed by atoms with E-state index < -0.39 is 32.3 Å². The highest BCUT2D eigenvalue weighted by molar-refractivity contribution is 8.03. The molecule has 0 radical (unpaired) electrons. The van der Waals surface area contributed by atoms with Gasteiger partial charge in [0.2, 0.25) is 0 Å². The fraction of sp³-hybridized carbons (Fsp3) is 0.200. The Balaban J connectivity index is 2.09. The molecule has 5 heteroatoms. The van der Waals surface area contributed by atoms with Crippen LogP contribution in [0.5, 0.6) is 0 Å². The summed E-state index contributed by atoms with van der Waals surface area (Å²) in [6.45, 7) is 3.97. The first-order valence-electron chi connectivity index (χ1n) is 9.56. The van der Waals surface area contributed by atoms with Crippen molar-refractivity contribution in [1.29, 1.82) is 0 Å². The maximum Gasteiger partial charge on any atom is 0.149 e. The van der Waals surface area contributed by atoms with Gasteiger partial charge in [-0.15, -0.1) is 6.42 Å². The Morgan fingerprint density at radius 2 is 1.27 bits per heavy atom. The maximum absolute atomic E-state index is 13.7. The van der Waals surface area contributed by atoms with Crippen molar-refractivity contribution in [3.8, 4) is 12.3 Å². The van der Waals surface area contributed by atoms with E-state index in [0.29, 0.717) is 9.79 Å². The molecule has 3 atom stereocenters. The molecule has 0 bridgehead atoms.